The van der Waals surface area contributed by atoms with E-state index in [1.165, 1.54) is 253 Å². The van der Waals surface area contributed by atoms with Gasteiger partial charge in [0.25, 0.3) is 0 Å². The van der Waals surface area contributed by atoms with Crippen molar-refractivity contribution in [3.63, 3.8) is 0 Å². The Hall–Kier alpha value is -6.40. The zero-order chi connectivity index (χ0) is 94.9. The van der Waals surface area contributed by atoms with Crippen LogP contribution in [0.1, 0.15) is 378 Å². The van der Waals surface area contributed by atoms with Gasteiger partial charge in [-0.3, -0.25) is 0 Å². The first-order valence-electron chi connectivity index (χ1n) is 56.2. The van der Waals surface area contributed by atoms with Gasteiger partial charge in [0, 0.05) is 0 Å². The molecule has 16 aliphatic carbocycles. The van der Waals surface area contributed by atoms with Crippen molar-refractivity contribution in [2.75, 3.05) is 0 Å². The molecule has 4 heteroatoms. The highest BCUT2D eigenvalue weighted by Gasteiger charge is 2.65. The van der Waals surface area contributed by atoms with Gasteiger partial charge in [0.05, 0.1) is 46.8 Å². The molecule has 728 valence electrons. The summed E-state index contributed by atoms with van der Waals surface area (Å²) in [7, 11) is 0. The van der Waals surface area contributed by atoms with Crippen molar-refractivity contribution >= 4 is 54.2 Å². The third-order valence-corrected chi connectivity index (χ3v) is 43.1. The number of rotatable bonds is 8. The highest BCUT2D eigenvalue weighted by Crippen LogP contribution is 2.74. The molecule has 4 nitrogen and oxygen atoms in total. The molecular formula is C132H176O4. The van der Waals surface area contributed by atoms with Crippen LogP contribution >= 0.6 is 0 Å². The zero-order valence-electron chi connectivity index (χ0n) is 88.3. The molecule has 0 saturated heterocycles. The molecule has 0 spiro atoms. The smallest absolute Gasteiger partial charge is 0.0619 e. The normalized spacial score (nSPS) is 39.8. The van der Waals surface area contributed by atoms with Crippen LogP contribution in [0.3, 0.4) is 0 Å². The van der Waals surface area contributed by atoms with Crippen LogP contribution in [0.2, 0.25) is 0 Å². The average molecular weight is 1830 g/mol. The Morgan fingerprint density at radius 2 is 0.551 bits per heavy atom. The number of hydrogen-bond acceptors (Lipinski definition) is 4. The lowest BCUT2D eigenvalue weighted by molar-refractivity contribution is -0.152. The number of hydrogen-bond donors (Lipinski definition) is 0. The van der Waals surface area contributed by atoms with Crippen molar-refractivity contribution in [3.05, 3.63) is 228 Å². The van der Waals surface area contributed by atoms with Crippen molar-refractivity contribution in [1.82, 2.24) is 0 Å². The van der Waals surface area contributed by atoms with Crippen molar-refractivity contribution in [2.45, 2.75) is 403 Å². The van der Waals surface area contributed by atoms with Crippen LogP contribution in [0.5, 0.6) is 0 Å². The summed E-state index contributed by atoms with van der Waals surface area (Å²) < 4.78 is 25.9. The molecule has 24 rings (SSSR count). The molecule has 8 aromatic carbocycles. The summed E-state index contributed by atoms with van der Waals surface area (Å²) in [6, 6.07) is 64.4. The second kappa shape index (κ2) is 35.9. The Balaban J connectivity index is 0.000000108. The Morgan fingerprint density at radius 1 is 0.243 bits per heavy atom. The molecule has 0 amide bonds. The molecule has 16 aliphatic rings. The molecule has 0 N–H and O–H groups in total. The Morgan fingerprint density at radius 3 is 0.963 bits per heavy atom. The summed E-state index contributed by atoms with van der Waals surface area (Å²) in [5.74, 6) is 13.7. The Bertz CT molecular complexity index is 5720. The van der Waals surface area contributed by atoms with Crippen molar-refractivity contribution in [3.8, 4) is 0 Å². The number of fused-ring (bicyclic) bond motifs is 24. The molecular weight excluding hydrogens is 1650 g/mol. The van der Waals surface area contributed by atoms with Crippen LogP contribution in [0.4, 0.5) is 0 Å². The van der Waals surface area contributed by atoms with Crippen LogP contribution < -0.4 is 0 Å². The maximum absolute atomic E-state index is 6.49. The van der Waals surface area contributed by atoms with Gasteiger partial charge in [0.15, 0.2) is 0 Å². The molecule has 0 radical (unpaired) electrons. The fourth-order valence-electron chi connectivity index (χ4n) is 36.8. The lowest BCUT2D eigenvalue weighted by Gasteiger charge is -2.61. The first-order chi connectivity index (χ1) is 64.7. The Kier molecular flexibility index (Phi) is 25.3. The van der Waals surface area contributed by atoms with E-state index in [2.05, 4.69) is 333 Å². The van der Waals surface area contributed by atoms with Crippen molar-refractivity contribution in [1.29, 1.82) is 0 Å². The number of benzene rings is 8. The molecule has 136 heavy (non-hydrogen) atoms. The number of ether oxygens (including phenoxy) is 4. The van der Waals surface area contributed by atoms with Gasteiger partial charge in [-0.1, -0.05) is 249 Å². The van der Waals surface area contributed by atoms with Crippen LogP contribution in [0.15, 0.2) is 205 Å². The Labute approximate surface area is 824 Å². The summed E-state index contributed by atoms with van der Waals surface area (Å²) in [5.41, 5.74) is 16.2. The van der Waals surface area contributed by atoms with Gasteiger partial charge in [0.2, 0.25) is 0 Å². The molecule has 8 aromatic rings. The monoisotopic (exact) mass is 1830 g/mol. The third kappa shape index (κ3) is 17.5. The van der Waals surface area contributed by atoms with Gasteiger partial charge < -0.3 is 18.9 Å². The standard InChI is InChI=1S/C33H46O.2C33H44O.C33H42O/c4*1-31(2,3)34-26-16-18-32(4)25(21-26)12-13-27-29-15-14-28(33(29,5)19-17-30(27)32)24-11-10-22-8-6-7-9-23(22)20-24/h6-11,20,25-30H,12-19,21H2,1-5H3;6-11,14,20,25-27,29-30H,12-13,15-19,21H2,1-5H3;6-12,20,26-30H,13-19,21H2,1-5H3;6-12,14,20,26-27,29-30H,13,15-19,21H2,1-5H3/t25-,26-,27-,28+,29-,30-,32-,33+;25-,26-,27-,29-,30-,32-,33+;26-,27-,28+,29-,30-,32-,33+;26-,27-,29-,30-,32-,33+/m0000/s1. The first kappa shape index (κ1) is 95.8. The van der Waals surface area contributed by atoms with E-state index in [9.17, 15) is 0 Å². The lowest BCUT2D eigenvalue weighted by Crippen LogP contribution is -2.54. The zero-order valence-corrected chi connectivity index (χ0v) is 88.3. The molecule has 0 aliphatic heterocycles. The molecule has 0 aromatic heterocycles. The van der Waals surface area contributed by atoms with Crippen LogP contribution in [-0.2, 0) is 18.9 Å². The second-order valence-corrected chi connectivity index (χ2v) is 54.6. The van der Waals surface area contributed by atoms with Crippen LogP contribution in [0, 0.1) is 126 Å². The minimum absolute atomic E-state index is 0.0100. The van der Waals surface area contributed by atoms with E-state index in [0.29, 0.717) is 67.7 Å². The quantitative estimate of drug-likeness (QED) is 0.142. The topological polar surface area (TPSA) is 36.9 Å². The minimum Gasteiger partial charge on any atom is -0.373 e. The van der Waals surface area contributed by atoms with E-state index in [1.54, 1.807) is 33.4 Å². The fourth-order valence-corrected chi connectivity index (χ4v) is 36.8. The summed E-state index contributed by atoms with van der Waals surface area (Å²) in [6.07, 6.45) is 55.4. The van der Waals surface area contributed by atoms with Gasteiger partial charge in [-0.15, -0.1) is 0 Å². The van der Waals surface area contributed by atoms with E-state index < -0.39 is 0 Å². The van der Waals surface area contributed by atoms with E-state index in [4.69, 9.17) is 18.9 Å². The van der Waals surface area contributed by atoms with E-state index >= 15 is 0 Å². The minimum atomic E-state index is -0.0441. The molecule has 0 unspecified atom stereocenters. The SMILES string of the molecule is CC(C)(C)O[C@H]1CC[C@@]2(C)C(=CC[C@@H]3[C@@H]2CC[C@]2(C)C(c4ccc5ccccc5c4)=CC[C@@H]32)C1.CC(C)(C)O[C@H]1CC[C@@]2(C)C(=CC[C@H]3[C@@H]4CC[C@H](c5ccc6ccccc6c5)[C@@]4(C)CC[C@@H]32)C1.CC(C)(C)O[C@H]1CC[C@@]2(C)[C@@H](CC[C@@H]3[C@@H]2CC[C@]2(C)C(c4ccc5ccccc5c4)=CC[C@@H]32)C1.CC(C)(C)O[C@H]1CC[C@@]2(C)[C@@H](CC[C@@H]3[C@@H]2CC[C@]2(C)[C@@H](c4ccc5ccccc5c4)CC[C@@H]32)C1. The van der Waals surface area contributed by atoms with Crippen molar-refractivity contribution < 1.29 is 18.9 Å². The predicted molar refractivity (Wildman–Crippen MR) is 573 cm³/mol. The summed E-state index contributed by atoms with van der Waals surface area (Å²) in [6.45, 7) is 47.7. The van der Waals surface area contributed by atoms with Crippen molar-refractivity contribution in [2.24, 2.45) is 126 Å². The predicted octanol–water partition coefficient (Wildman–Crippen LogP) is 36.3. The summed E-state index contributed by atoms with van der Waals surface area (Å²) in [5, 5.41) is 11.0. The van der Waals surface area contributed by atoms with Crippen LogP contribution in [-0.4, -0.2) is 46.8 Å². The highest BCUT2D eigenvalue weighted by atomic mass is 16.5. The largest absolute Gasteiger partial charge is 0.373 e. The summed E-state index contributed by atoms with van der Waals surface area (Å²) in [4.78, 5) is 0. The first-order valence-corrected chi connectivity index (χ1v) is 56.2. The van der Waals surface area contributed by atoms with E-state index in [0.717, 1.165) is 101 Å². The second-order valence-electron chi connectivity index (χ2n) is 54.6. The molecule has 28 atom stereocenters. The van der Waals surface area contributed by atoms with E-state index in [-0.39, 0.29) is 22.4 Å². The van der Waals surface area contributed by atoms with Gasteiger partial charge in [0.1, 0.15) is 0 Å². The molecule has 0 heterocycles. The third-order valence-electron chi connectivity index (χ3n) is 43.1. The fraction of sp³-hybridized carbons (Fsp3) is 0.636. The van der Waals surface area contributed by atoms with Gasteiger partial charge in [-0.2, -0.15) is 0 Å². The van der Waals surface area contributed by atoms with Crippen LogP contribution in [0.25, 0.3) is 54.2 Å². The molecule has 12 saturated carbocycles. The average Bonchev–Trinajstić information content (AvgIpc) is 1.43. The van der Waals surface area contributed by atoms with E-state index in [1.807, 2.05) is 0 Å². The van der Waals surface area contributed by atoms with Gasteiger partial charge in [-0.05, 0) is 515 Å². The molecule has 12 fully saturated rings. The highest BCUT2D eigenvalue weighted by molar-refractivity contribution is 5.89. The van der Waals surface area contributed by atoms with Gasteiger partial charge in [-0.25, -0.2) is 0 Å². The number of allylic oxidation sites excluding steroid dienone is 6. The lowest BCUT2D eigenvalue weighted by atomic mass is 9.44. The summed E-state index contributed by atoms with van der Waals surface area (Å²) >= 11 is 0. The van der Waals surface area contributed by atoms with Gasteiger partial charge >= 0.3 is 0 Å². The maximum Gasteiger partial charge on any atom is 0.0619 e. The maximum atomic E-state index is 6.49. The molecule has 0 bridgehead atoms.